The third kappa shape index (κ3) is 1.91. The fourth-order valence-electron chi connectivity index (χ4n) is 1.22. The molecule has 0 radical (unpaired) electrons. The van der Waals surface area contributed by atoms with E-state index in [9.17, 15) is 8.78 Å². The molecule has 1 nitrogen and oxygen atoms in total. The molecule has 1 N–H and O–H groups in total. The van der Waals surface area contributed by atoms with Gasteiger partial charge in [0, 0.05) is 0 Å². The smallest absolute Gasteiger partial charge is 0.124 e. The Morgan fingerprint density at radius 2 is 2.33 bits per heavy atom. The van der Waals surface area contributed by atoms with E-state index in [0.29, 0.717) is 5.57 Å². The number of aliphatic hydroxyl groups excluding tert-OH is 1. The predicted octanol–water partition coefficient (Wildman–Crippen LogP) is 2.14. The van der Waals surface area contributed by atoms with Gasteiger partial charge in [-0.3, -0.25) is 0 Å². The zero-order valence-corrected chi connectivity index (χ0v) is 6.93. The zero-order valence-electron chi connectivity index (χ0n) is 6.93. The maximum Gasteiger partial charge on any atom is 0.124 e. The summed E-state index contributed by atoms with van der Waals surface area (Å²) in [5.74, 6) is -0.749. The molecule has 0 spiro atoms. The second kappa shape index (κ2) is 3.81. The summed E-state index contributed by atoms with van der Waals surface area (Å²) in [5, 5.41) is 8.74. The van der Waals surface area contributed by atoms with Crippen LogP contribution < -0.4 is 0 Å². The van der Waals surface area contributed by atoms with Crippen LogP contribution in [-0.4, -0.2) is 17.9 Å². The minimum absolute atomic E-state index is 0.253. The molecular formula is C9H12F2O. The topological polar surface area (TPSA) is 20.2 Å². The lowest BCUT2D eigenvalue weighted by Crippen LogP contribution is -2.10. The van der Waals surface area contributed by atoms with Crippen molar-refractivity contribution in [2.24, 2.45) is 5.92 Å². The van der Waals surface area contributed by atoms with Crippen LogP contribution in [-0.2, 0) is 0 Å². The Kier molecular flexibility index (Phi) is 2.98. The standard InChI is InChI=1S/C9H12F2O/c1-6-4-7(5-12)9(11)3-2-8(6)10/h2-3,6,8,12H,4-5H2,1H3. The summed E-state index contributed by atoms with van der Waals surface area (Å²) in [6.45, 7) is 1.37. The van der Waals surface area contributed by atoms with Crippen LogP contribution >= 0.6 is 0 Å². The second-order valence-corrected chi connectivity index (χ2v) is 3.09. The molecule has 68 valence electrons. The minimum Gasteiger partial charge on any atom is -0.392 e. The molecule has 0 heterocycles. The first-order valence-corrected chi connectivity index (χ1v) is 3.95. The first-order valence-electron chi connectivity index (χ1n) is 3.95. The van der Waals surface area contributed by atoms with Crippen LogP contribution in [0.1, 0.15) is 13.3 Å². The number of alkyl halides is 1. The van der Waals surface area contributed by atoms with Crippen LogP contribution in [0.15, 0.2) is 23.6 Å². The fraction of sp³-hybridized carbons (Fsp3) is 0.556. The fourth-order valence-corrected chi connectivity index (χ4v) is 1.22. The van der Waals surface area contributed by atoms with Gasteiger partial charge in [0.05, 0.1) is 6.61 Å². The molecule has 0 aromatic carbocycles. The highest BCUT2D eigenvalue weighted by Crippen LogP contribution is 2.25. The van der Waals surface area contributed by atoms with Crippen molar-refractivity contribution in [3.05, 3.63) is 23.6 Å². The van der Waals surface area contributed by atoms with Crippen molar-refractivity contribution in [2.45, 2.75) is 19.5 Å². The maximum absolute atomic E-state index is 13.0. The third-order valence-electron chi connectivity index (χ3n) is 2.07. The first-order chi connectivity index (χ1) is 5.65. The molecule has 0 saturated carbocycles. The summed E-state index contributed by atoms with van der Waals surface area (Å²) in [4.78, 5) is 0. The molecule has 12 heavy (non-hydrogen) atoms. The number of allylic oxidation sites excluding steroid dienone is 3. The Hall–Kier alpha value is -0.700. The van der Waals surface area contributed by atoms with Gasteiger partial charge in [0.2, 0.25) is 0 Å². The molecule has 0 bridgehead atoms. The summed E-state index contributed by atoms with van der Waals surface area (Å²) in [6.07, 6.45) is 1.47. The Morgan fingerprint density at radius 1 is 1.67 bits per heavy atom. The van der Waals surface area contributed by atoms with Gasteiger partial charge in [-0.1, -0.05) is 6.92 Å². The van der Waals surface area contributed by atoms with Crippen LogP contribution in [0.3, 0.4) is 0 Å². The minimum atomic E-state index is -1.11. The predicted molar refractivity (Wildman–Crippen MR) is 43.0 cm³/mol. The van der Waals surface area contributed by atoms with Gasteiger partial charge in [-0.2, -0.15) is 0 Å². The van der Waals surface area contributed by atoms with Crippen molar-refractivity contribution < 1.29 is 13.9 Å². The Labute approximate surface area is 70.4 Å². The normalized spacial score (nSPS) is 30.7. The van der Waals surface area contributed by atoms with Crippen LogP contribution in [0, 0.1) is 5.92 Å². The Morgan fingerprint density at radius 3 is 2.92 bits per heavy atom. The van der Waals surface area contributed by atoms with Crippen molar-refractivity contribution in [1.29, 1.82) is 0 Å². The lowest BCUT2D eigenvalue weighted by atomic mass is 9.99. The van der Waals surface area contributed by atoms with E-state index in [1.807, 2.05) is 0 Å². The lowest BCUT2D eigenvalue weighted by molar-refractivity contribution is 0.276. The van der Waals surface area contributed by atoms with Crippen molar-refractivity contribution in [1.82, 2.24) is 0 Å². The van der Waals surface area contributed by atoms with Gasteiger partial charge in [-0.25, -0.2) is 8.78 Å². The number of rotatable bonds is 1. The molecule has 0 aliphatic heterocycles. The van der Waals surface area contributed by atoms with E-state index in [-0.39, 0.29) is 18.9 Å². The number of hydrogen-bond donors (Lipinski definition) is 1. The summed E-state index contributed by atoms with van der Waals surface area (Å²) < 4.78 is 25.9. The van der Waals surface area contributed by atoms with Crippen molar-refractivity contribution in [3.8, 4) is 0 Å². The van der Waals surface area contributed by atoms with Gasteiger partial charge in [-0.15, -0.1) is 0 Å². The second-order valence-electron chi connectivity index (χ2n) is 3.09. The largest absolute Gasteiger partial charge is 0.392 e. The SMILES string of the molecule is CC1CC(CO)=C(F)C=CC1F. The van der Waals surface area contributed by atoms with E-state index >= 15 is 0 Å². The summed E-state index contributed by atoms with van der Waals surface area (Å²) in [6, 6.07) is 0. The molecule has 0 saturated heterocycles. The number of halogens is 2. The summed E-state index contributed by atoms with van der Waals surface area (Å²) in [7, 11) is 0. The van der Waals surface area contributed by atoms with Crippen molar-refractivity contribution in [3.63, 3.8) is 0 Å². The molecular weight excluding hydrogens is 162 g/mol. The molecule has 0 aromatic heterocycles. The average Bonchev–Trinajstić information content (AvgIpc) is 2.18. The number of hydrogen-bond acceptors (Lipinski definition) is 1. The molecule has 0 aromatic rings. The van der Waals surface area contributed by atoms with Gasteiger partial charge in [-0.05, 0) is 30.1 Å². The number of aliphatic hydroxyl groups is 1. The van der Waals surface area contributed by atoms with Gasteiger partial charge in [0.15, 0.2) is 0 Å². The monoisotopic (exact) mass is 174 g/mol. The van der Waals surface area contributed by atoms with E-state index in [2.05, 4.69) is 0 Å². The highest BCUT2D eigenvalue weighted by Gasteiger charge is 2.19. The van der Waals surface area contributed by atoms with Crippen LogP contribution in [0.2, 0.25) is 0 Å². The molecule has 1 rings (SSSR count). The van der Waals surface area contributed by atoms with E-state index in [1.165, 1.54) is 6.08 Å². The molecule has 3 heteroatoms. The van der Waals surface area contributed by atoms with E-state index < -0.39 is 12.0 Å². The van der Waals surface area contributed by atoms with Crippen LogP contribution in [0.25, 0.3) is 0 Å². The summed E-state index contributed by atoms with van der Waals surface area (Å²) >= 11 is 0. The highest BCUT2D eigenvalue weighted by molar-refractivity contribution is 5.24. The quantitative estimate of drug-likeness (QED) is 0.645. The molecule has 0 amide bonds. The molecule has 2 atom stereocenters. The summed E-state index contributed by atoms with van der Waals surface area (Å²) in [5.41, 5.74) is 0.291. The lowest BCUT2D eigenvalue weighted by Gasteiger charge is -2.11. The Balaban J connectivity index is 2.83. The van der Waals surface area contributed by atoms with Crippen LogP contribution in [0.4, 0.5) is 8.78 Å². The van der Waals surface area contributed by atoms with Gasteiger partial charge < -0.3 is 5.11 Å². The van der Waals surface area contributed by atoms with E-state index in [4.69, 9.17) is 5.11 Å². The molecule has 1 aliphatic carbocycles. The van der Waals surface area contributed by atoms with Gasteiger partial charge in [0.25, 0.3) is 0 Å². The first kappa shape index (κ1) is 9.39. The van der Waals surface area contributed by atoms with Gasteiger partial charge >= 0.3 is 0 Å². The Bertz CT molecular complexity index is 221. The van der Waals surface area contributed by atoms with E-state index in [1.54, 1.807) is 6.92 Å². The zero-order chi connectivity index (χ0) is 9.14. The van der Waals surface area contributed by atoms with Crippen molar-refractivity contribution >= 4 is 0 Å². The third-order valence-corrected chi connectivity index (χ3v) is 2.07. The maximum atomic E-state index is 13.0. The van der Waals surface area contributed by atoms with Crippen LogP contribution in [0.5, 0.6) is 0 Å². The molecule has 0 fully saturated rings. The average molecular weight is 174 g/mol. The molecule has 1 aliphatic rings. The van der Waals surface area contributed by atoms with Crippen molar-refractivity contribution in [2.75, 3.05) is 6.61 Å². The highest BCUT2D eigenvalue weighted by atomic mass is 19.1. The molecule has 2 unspecified atom stereocenters. The van der Waals surface area contributed by atoms with E-state index in [0.717, 1.165) is 6.08 Å². The van der Waals surface area contributed by atoms with Gasteiger partial charge in [0.1, 0.15) is 12.0 Å².